The van der Waals surface area contributed by atoms with E-state index in [1.807, 2.05) is 42.5 Å². The Hall–Kier alpha value is -2.00. The Kier molecular flexibility index (Phi) is 3.36. The van der Waals surface area contributed by atoms with Gasteiger partial charge < -0.3 is 5.73 Å². The Morgan fingerprint density at radius 3 is 2.50 bits per heavy atom. The molecule has 0 unspecified atom stereocenters. The van der Waals surface area contributed by atoms with Crippen LogP contribution in [-0.2, 0) is 16.0 Å². The van der Waals surface area contributed by atoms with Crippen molar-refractivity contribution in [2.75, 3.05) is 6.54 Å². The molecule has 20 heavy (non-hydrogen) atoms. The predicted molar refractivity (Wildman–Crippen MR) is 78.3 cm³/mol. The van der Waals surface area contributed by atoms with Gasteiger partial charge in [-0.25, -0.2) is 0 Å². The van der Waals surface area contributed by atoms with E-state index in [1.54, 1.807) is 0 Å². The van der Waals surface area contributed by atoms with Gasteiger partial charge in [0.25, 0.3) is 0 Å². The number of Topliss-reactive ketones (excluding diaryl/α,β-unsaturated/α-hetero) is 2. The summed E-state index contributed by atoms with van der Waals surface area (Å²) < 4.78 is 0. The smallest absolute Gasteiger partial charge is 0.150 e. The molecule has 1 fully saturated rings. The first-order valence-corrected chi connectivity index (χ1v) is 6.93. The number of benzene rings is 2. The Labute approximate surface area is 117 Å². The van der Waals surface area contributed by atoms with Crippen molar-refractivity contribution < 1.29 is 9.59 Å². The first-order valence-electron chi connectivity index (χ1n) is 6.93. The van der Waals surface area contributed by atoms with Crippen molar-refractivity contribution >= 4 is 22.3 Å². The van der Waals surface area contributed by atoms with E-state index in [2.05, 4.69) is 0 Å². The normalized spacial score (nSPS) is 20.9. The van der Waals surface area contributed by atoms with Crippen molar-refractivity contribution in [3.8, 4) is 0 Å². The molecule has 2 N–H and O–H groups in total. The predicted octanol–water partition coefficient (Wildman–Crippen LogP) is 2.12. The molecule has 0 spiro atoms. The lowest BCUT2D eigenvalue weighted by Crippen LogP contribution is -2.18. The molecule has 1 aliphatic carbocycles. The Morgan fingerprint density at radius 2 is 1.70 bits per heavy atom. The zero-order valence-electron chi connectivity index (χ0n) is 11.2. The lowest BCUT2D eigenvalue weighted by molar-refractivity contribution is -0.124. The Morgan fingerprint density at radius 1 is 1.00 bits per heavy atom. The van der Waals surface area contributed by atoms with Crippen LogP contribution in [0.2, 0.25) is 0 Å². The average Bonchev–Trinajstić information content (AvgIpc) is 3.27. The molecule has 102 valence electrons. The van der Waals surface area contributed by atoms with Gasteiger partial charge in [-0.3, -0.25) is 9.59 Å². The quantitative estimate of drug-likeness (QED) is 0.902. The van der Waals surface area contributed by atoms with Gasteiger partial charge in [0.2, 0.25) is 0 Å². The lowest BCUT2D eigenvalue weighted by Gasteiger charge is -2.05. The van der Waals surface area contributed by atoms with Gasteiger partial charge in [0.05, 0.1) is 6.54 Å². The summed E-state index contributed by atoms with van der Waals surface area (Å²) in [5.41, 5.74) is 6.38. The molecular formula is C17H17NO2. The molecule has 1 aliphatic rings. The second-order valence-corrected chi connectivity index (χ2v) is 5.40. The van der Waals surface area contributed by atoms with E-state index >= 15 is 0 Å². The molecular weight excluding hydrogens is 250 g/mol. The second kappa shape index (κ2) is 5.17. The molecule has 2 aromatic rings. The zero-order chi connectivity index (χ0) is 14.1. The molecule has 3 heteroatoms. The SMILES string of the molecule is NCC(=O)[C@H]1C[C@@H]1C(=O)Cc1cccc2ccccc12. The van der Waals surface area contributed by atoms with E-state index in [9.17, 15) is 9.59 Å². The average molecular weight is 267 g/mol. The third-order valence-corrected chi connectivity index (χ3v) is 4.06. The molecule has 2 aromatic carbocycles. The van der Waals surface area contributed by atoms with Crippen molar-refractivity contribution in [3.63, 3.8) is 0 Å². The summed E-state index contributed by atoms with van der Waals surface area (Å²) in [6, 6.07) is 14.1. The second-order valence-electron chi connectivity index (χ2n) is 5.40. The summed E-state index contributed by atoms with van der Waals surface area (Å²) in [6.07, 6.45) is 1.08. The van der Waals surface area contributed by atoms with Gasteiger partial charge >= 0.3 is 0 Å². The minimum Gasteiger partial charge on any atom is -0.324 e. The van der Waals surface area contributed by atoms with Gasteiger partial charge in [-0.15, -0.1) is 0 Å². The summed E-state index contributed by atoms with van der Waals surface area (Å²) in [4.78, 5) is 23.7. The van der Waals surface area contributed by atoms with Crippen molar-refractivity contribution in [2.24, 2.45) is 17.6 Å². The van der Waals surface area contributed by atoms with Gasteiger partial charge in [0.15, 0.2) is 0 Å². The maximum atomic E-state index is 12.3. The number of hydrogen-bond acceptors (Lipinski definition) is 3. The van der Waals surface area contributed by atoms with Crippen molar-refractivity contribution in [1.29, 1.82) is 0 Å². The fraction of sp³-hybridized carbons (Fsp3) is 0.294. The lowest BCUT2D eigenvalue weighted by atomic mass is 9.98. The molecule has 0 aromatic heterocycles. The standard InChI is InChI=1S/C17H17NO2/c18-10-17(20)15-9-14(15)16(19)8-12-6-3-5-11-4-1-2-7-13(11)12/h1-7,14-15H,8-10,18H2/t14-,15-/m0/s1. The van der Waals surface area contributed by atoms with E-state index in [4.69, 9.17) is 5.73 Å². The van der Waals surface area contributed by atoms with Crippen LogP contribution in [0, 0.1) is 11.8 Å². The maximum absolute atomic E-state index is 12.3. The summed E-state index contributed by atoms with van der Waals surface area (Å²) in [7, 11) is 0. The van der Waals surface area contributed by atoms with Crippen LogP contribution in [-0.4, -0.2) is 18.1 Å². The summed E-state index contributed by atoms with van der Waals surface area (Å²) in [5, 5.41) is 2.26. The number of carbonyl (C=O) groups excluding carboxylic acids is 2. The van der Waals surface area contributed by atoms with Gasteiger partial charge in [-0.2, -0.15) is 0 Å². The highest BCUT2D eigenvalue weighted by Gasteiger charge is 2.46. The zero-order valence-corrected chi connectivity index (χ0v) is 11.2. The third kappa shape index (κ3) is 2.37. The van der Waals surface area contributed by atoms with Gasteiger partial charge in [0.1, 0.15) is 11.6 Å². The number of carbonyl (C=O) groups is 2. The molecule has 0 radical (unpaired) electrons. The van der Waals surface area contributed by atoms with Crippen LogP contribution in [0.1, 0.15) is 12.0 Å². The minimum absolute atomic E-state index is 0.0151. The van der Waals surface area contributed by atoms with Crippen molar-refractivity contribution in [2.45, 2.75) is 12.8 Å². The maximum Gasteiger partial charge on any atom is 0.150 e. The van der Waals surface area contributed by atoms with E-state index in [0.29, 0.717) is 12.8 Å². The van der Waals surface area contributed by atoms with Crippen LogP contribution in [0.3, 0.4) is 0 Å². The van der Waals surface area contributed by atoms with Crippen molar-refractivity contribution in [1.82, 2.24) is 0 Å². The Bertz CT molecular complexity index is 672. The summed E-state index contributed by atoms with van der Waals surface area (Å²) in [6.45, 7) is 0.0444. The van der Waals surface area contributed by atoms with Crippen LogP contribution in [0.5, 0.6) is 0 Å². The van der Waals surface area contributed by atoms with Crippen molar-refractivity contribution in [3.05, 3.63) is 48.0 Å². The molecule has 0 amide bonds. The number of nitrogens with two attached hydrogens (primary N) is 1. The topological polar surface area (TPSA) is 60.2 Å². The molecule has 0 saturated heterocycles. The molecule has 0 aliphatic heterocycles. The highest BCUT2D eigenvalue weighted by atomic mass is 16.1. The molecule has 2 atom stereocenters. The van der Waals surface area contributed by atoms with Gasteiger partial charge in [-0.05, 0) is 22.8 Å². The Balaban J connectivity index is 1.78. The van der Waals surface area contributed by atoms with E-state index in [1.165, 1.54) is 0 Å². The molecule has 1 saturated carbocycles. The first-order chi connectivity index (χ1) is 9.70. The highest BCUT2D eigenvalue weighted by Crippen LogP contribution is 2.40. The first kappa shape index (κ1) is 13.0. The third-order valence-electron chi connectivity index (χ3n) is 4.06. The van der Waals surface area contributed by atoms with Crippen LogP contribution >= 0.6 is 0 Å². The van der Waals surface area contributed by atoms with Gasteiger partial charge in [0, 0.05) is 18.3 Å². The fourth-order valence-corrected chi connectivity index (χ4v) is 2.82. The fourth-order valence-electron chi connectivity index (χ4n) is 2.82. The van der Waals surface area contributed by atoms with E-state index in [-0.39, 0.29) is 29.9 Å². The number of fused-ring (bicyclic) bond motifs is 1. The molecule has 3 rings (SSSR count). The molecule has 3 nitrogen and oxygen atoms in total. The van der Waals surface area contributed by atoms with Crippen LogP contribution in [0.25, 0.3) is 10.8 Å². The number of rotatable bonds is 5. The van der Waals surface area contributed by atoms with Crippen LogP contribution in [0.15, 0.2) is 42.5 Å². The number of hydrogen-bond donors (Lipinski definition) is 1. The monoisotopic (exact) mass is 267 g/mol. The van der Waals surface area contributed by atoms with E-state index in [0.717, 1.165) is 16.3 Å². The van der Waals surface area contributed by atoms with Crippen LogP contribution in [0.4, 0.5) is 0 Å². The molecule has 0 heterocycles. The summed E-state index contributed by atoms with van der Waals surface area (Å²) in [5.74, 6) is -0.0538. The van der Waals surface area contributed by atoms with E-state index < -0.39 is 0 Å². The van der Waals surface area contributed by atoms with Crippen LogP contribution < -0.4 is 5.73 Å². The summed E-state index contributed by atoms with van der Waals surface area (Å²) >= 11 is 0. The minimum atomic E-state index is -0.123. The largest absolute Gasteiger partial charge is 0.324 e. The highest BCUT2D eigenvalue weighted by molar-refractivity contribution is 5.98. The van der Waals surface area contributed by atoms with Gasteiger partial charge in [-0.1, -0.05) is 42.5 Å². The molecule has 0 bridgehead atoms. The number of ketones is 2.